The summed E-state index contributed by atoms with van der Waals surface area (Å²) in [6, 6.07) is 5.62. The third-order valence-corrected chi connectivity index (χ3v) is 5.72. The Hall–Kier alpha value is -0.140. The molecule has 0 saturated heterocycles. The number of carbonyl (C=O) groups excluding carboxylic acids is 1. The predicted octanol–water partition coefficient (Wildman–Crippen LogP) is 4.11. The predicted molar refractivity (Wildman–Crippen MR) is 96.4 cm³/mol. The maximum Gasteiger partial charge on any atom is 0.252 e. The van der Waals surface area contributed by atoms with Gasteiger partial charge < -0.3 is 10.4 Å². The second-order valence-electron chi connectivity index (χ2n) is 6.70. The zero-order valence-corrected chi connectivity index (χ0v) is 16.1. The van der Waals surface area contributed by atoms with Gasteiger partial charge in [-0.2, -0.15) is 0 Å². The van der Waals surface area contributed by atoms with Gasteiger partial charge in [0, 0.05) is 14.6 Å². The molecule has 1 fully saturated rings. The highest BCUT2D eigenvalue weighted by Gasteiger charge is 2.36. The van der Waals surface area contributed by atoms with E-state index < -0.39 is 5.60 Å². The van der Waals surface area contributed by atoms with E-state index in [0.717, 1.165) is 33.7 Å². The van der Waals surface area contributed by atoms with Crippen molar-refractivity contribution in [3.8, 4) is 0 Å². The van der Waals surface area contributed by atoms with Gasteiger partial charge in [0.05, 0.1) is 11.2 Å². The van der Waals surface area contributed by atoms with Gasteiger partial charge in [-0.3, -0.25) is 4.79 Å². The van der Waals surface area contributed by atoms with Crippen molar-refractivity contribution in [1.29, 1.82) is 0 Å². The van der Waals surface area contributed by atoms with Crippen LogP contribution in [0.15, 0.2) is 22.7 Å². The summed E-state index contributed by atoms with van der Waals surface area (Å²) in [6.45, 7) is 4.79. The molecule has 1 aliphatic rings. The molecule has 0 heterocycles. The van der Waals surface area contributed by atoms with Gasteiger partial charge in [-0.1, -0.05) is 29.8 Å². The molecule has 0 aromatic heterocycles. The number of aliphatic hydroxyl groups is 1. The molecule has 0 radical (unpaired) electrons. The Morgan fingerprint density at radius 1 is 1.33 bits per heavy atom. The molecule has 0 bridgehead atoms. The van der Waals surface area contributed by atoms with Gasteiger partial charge in [0.25, 0.3) is 5.91 Å². The number of nitrogens with one attached hydrogen (secondary N) is 1. The summed E-state index contributed by atoms with van der Waals surface area (Å²) in [6.07, 6.45) is 3.48. The van der Waals surface area contributed by atoms with E-state index in [1.807, 2.05) is 18.2 Å². The van der Waals surface area contributed by atoms with Crippen LogP contribution < -0.4 is 5.32 Å². The minimum absolute atomic E-state index is 0.126. The fourth-order valence-corrected chi connectivity index (χ4v) is 3.52. The molecule has 1 aromatic carbocycles. The van der Waals surface area contributed by atoms with Gasteiger partial charge in [-0.25, -0.2) is 0 Å². The first-order valence-corrected chi connectivity index (χ1v) is 9.04. The molecular formula is C16H21BrINO2. The van der Waals surface area contributed by atoms with Crippen LogP contribution in [0.3, 0.4) is 0 Å². The fraction of sp³-hybridized carbons (Fsp3) is 0.562. The van der Waals surface area contributed by atoms with Gasteiger partial charge >= 0.3 is 0 Å². The highest BCUT2D eigenvalue weighted by Crippen LogP contribution is 2.39. The molecule has 1 saturated carbocycles. The molecule has 0 spiro atoms. The average molecular weight is 466 g/mol. The van der Waals surface area contributed by atoms with Crippen molar-refractivity contribution in [2.24, 2.45) is 5.41 Å². The molecule has 0 atom stereocenters. The number of amides is 1. The first-order valence-electron chi connectivity index (χ1n) is 7.17. The normalized spacial score (nSPS) is 20.0. The monoisotopic (exact) mass is 465 g/mol. The lowest BCUT2D eigenvalue weighted by atomic mass is 9.71. The summed E-state index contributed by atoms with van der Waals surface area (Å²) in [5.41, 5.74) is 0.183. The smallest absolute Gasteiger partial charge is 0.252 e. The zero-order valence-electron chi connectivity index (χ0n) is 12.4. The van der Waals surface area contributed by atoms with E-state index >= 15 is 0 Å². The number of hydrogen-bond acceptors (Lipinski definition) is 2. The van der Waals surface area contributed by atoms with Crippen LogP contribution in [-0.4, -0.2) is 23.2 Å². The van der Waals surface area contributed by atoms with Crippen LogP contribution >= 0.6 is 38.5 Å². The summed E-state index contributed by atoms with van der Waals surface area (Å²) in [7, 11) is 0. The molecule has 21 heavy (non-hydrogen) atoms. The van der Waals surface area contributed by atoms with Gasteiger partial charge in [0.1, 0.15) is 0 Å². The summed E-state index contributed by atoms with van der Waals surface area (Å²) in [4.78, 5) is 12.3. The van der Waals surface area contributed by atoms with E-state index in [0.29, 0.717) is 17.5 Å². The van der Waals surface area contributed by atoms with Crippen molar-refractivity contribution in [1.82, 2.24) is 5.32 Å². The van der Waals surface area contributed by atoms with Crippen LogP contribution in [0, 0.1) is 8.99 Å². The van der Waals surface area contributed by atoms with Gasteiger partial charge in [0.2, 0.25) is 0 Å². The van der Waals surface area contributed by atoms with Crippen molar-refractivity contribution in [3.63, 3.8) is 0 Å². The van der Waals surface area contributed by atoms with Gasteiger partial charge in [0.15, 0.2) is 0 Å². The number of benzene rings is 1. The average Bonchev–Trinajstić information content (AvgIpc) is 2.43. The first-order chi connectivity index (χ1) is 9.71. The molecule has 1 amide bonds. The molecule has 116 valence electrons. The lowest BCUT2D eigenvalue weighted by Gasteiger charge is -2.40. The van der Waals surface area contributed by atoms with E-state index in [1.165, 1.54) is 0 Å². The van der Waals surface area contributed by atoms with Crippen molar-refractivity contribution >= 4 is 44.4 Å². The molecule has 2 N–H and O–H groups in total. The maximum absolute atomic E-state index is 12.3. The van der Waals surface area contributed by atoms with Crippen LogP contribution in [-0.2, 0) is 0 Å². The van der Waals surface area contributed by atoms with Crippen LogP contribution in [0.25, 0.3) is 0 Å². The highest BCUT2D eigenvalue weighted by atomic mass is 127. The zero-order chi connectivity index (χ0) is 15.7. The fourth-order valence-electron chi connectivity index (χ4n) is 2.58. The maximum atomic E-state index is 12.3. The van der Waals surface area contributed by atoms with E-state index in [2.05, 4.69) is 57.7 Å². The Balaban J connectivity index is 1.97. The Morgan fingerprint density at radius 3 is 2.57 bits per heavy atom. The lowest BCUT2D eigenvalue weighted by molar-refractivity contribution is -0.0233. The SMILES string of the molecule is CC1(C)CCC(O)(CNC(=O)c2cc(Br)ccc2I)CC1. The third-order valence-electron chi connectivity index (χ3n) is 4.29. The van der Waals surface area contributed by atoms with Crippen molar-refractivity contribution in [2.75, 3.05) is 6.54 Å². The quantitative estimate of drug-likeness (QED) is 0.660. The second kappa shape index (κ2) is 6.54. The minimum atomic E-state index is -0.761. The number of carbonyl (C=O) groups is 1. The first kappa shape index (κ1) is 17.2. The Bertz CT molecular complexity index is 535. The molecule has 1 aromatic rings. The van der Waals surface area contributed by atoms with Gasteiger partial charge in [-0.05, 0) is 71.9 Å². The second-order valence-corrected chi connectivity index (χ2v) is 8.77. The number of rotatable bonds is 3. The molecular weight excluding hydrogens is 445 g/mol. The number of hydrogen-bond donors (Lipinski definition) is 2. The molecule has 1 aliphatic carbocycles. The van der Waals surface area contributed by atoms with Crippen molar-refractivity contribution in [2.45, 2.75) is 45.1 Å². The van der Waals surface area contributed by atoms with Crippen LogP contribution in [0.5, 0.6) is 0 Å². The van der Waals surface area contributed by atoms with E-state index in [9.17, 15) is 9.90 Å². The molecule has 5 heteroatoms. The van der Waals surface area contributed by atoms with Crippen LogP contribution in [0.1, 0.15) is 49.9 Å². The van der Waals surface area contributed by atoms with E-state index in [4.69, 9.17) is 0 Å². The molecule has 0 unspecified atom stereocenters. The van der Waals surface area contributed by atoms with E-state index in [-0.39, 0.29) is 5.91 Å². The number of halogens is 2. The largest absolute Gasteiger partial charge is 0.388 e. The lowest BCUT2D eigenvalue weighted by Crippen LogP contribution is -2.46. The Morgan fingerprint density at radius 2 is 1.95 bits per heavy atom. The minimum Gasteiger partial charge on any atom is -0.388 e. The highest BCUT2D eigenvalue weighted by molar-refractivity contribution is 14.1. The molecule has 0 aliphatic heterocycles. The van der Waals surface area contributed by atoms with Gasteiger partial charge in [-0.15, -0.1) is 0 Å². The summed E-state index contributed by atoms with van der Waals surface area (Å²) in [5.74, 6) is -0.126. The standard InChI is InChI=1S/C16H21BrINO2/c1-15(2)5-7-16(21,8-6-15)10-19-14(20)12-9-11(17)3-4-13(12)18/h3-4,9,21H,5-8,10H2,1-2H3,(H,19,20). The summed E-state index contributed by atoms with van der Waals surface area (Å²) >= 11 is 5.53. The van der Waals surface area contributed by atoms with Crippen LogP contribution in [0.2, 0.25) is 0 Å². The van der Waals surface area contributed by atoms with E-state index in [1.54, 1.807) is 0 Å². The molecule has 2 rings (SSSR count). The summed E-state index contributed by atoms with van der Waals surface area (Å²) < 4.78 is 1.79. The van der Waals surface area contributed by atoms with Crippen LogP contribution in [0.4, 0.5) is 0 Å². The molecule has 3 nitrogen and oxygen atoms in total. The Labute approximate surface area is 148 Å². The Kier molecular flexibility index (Phi) is 5.36. The van der Waals surface area contributed by atoms with Crippen molar-refractivity contribution < 1.29 is 9.90 Å². The van der Waals surface area contributed by atoms with Crippen molar-refractivity contribution in [3.05, 3.63) is 31.8 Å². The topological polar surface area (TPSA) is 49.3 Å². The summed E-state index contributed by atoms with van der Waals surface area (Å²) in [5, 5.41) is 13.5. The third kappa shape index (κ3) is 4.66.